The van der Waals surface area contributed by atoms with E-state index in [-0.39, 0.29) is 21.2 Å². The SMILES string of the molecule is Cc1ccc(N(C)S(=O)(=O)c2cc3c(cc2Cl)Oc2ccc(C)cc2NC3=O)c(C)c1. The quantitative estimate of drug-likeness (QED) is 0.568. The minimum atomic E-state index is -4.04. The third kappa shape index (κ3) is 3.75. The van der Waals surface area contributed by atoms with E-state index in [1.807, 2.05) is 39.0 Å². The Balaban J connectivity index is 1.80. The molecule has 0 aliphatic carbocycles. The molecule has 1 N–H and O–H groups in total. The molecule has 8 heteroatoms. The van der Waals surface area contributed by atoms with Crippen molar-refractivity contribution in [2.75, 3.05) is 16.7 Å². The monoisotopic (exact) mass is 456 g/mol. The molecule has 1 amide bonds. The molecule has 1 aliphatic heterocycles. The third-order valence-corrected chi connectivity index (χ3v) is 7.45. The lowest BCUT2D eigenvalue weighted by Gasteiger charge is -2.23. The maximum atomic E-state index is 13.4. The van der Waals surface area contributed by atoms with Gasteiger partial charge in [-0.2, -0.15) is 0 Å². The van der Waals surface area contributed by atoms with Crippen LogP contribution >= 0.6 is 11.6 Å². The number of halogens is 1. The lowest BCUT2D eigenvalue weighted by atomic mass is 10.1. The van der Waals surface area contributed by atoms with Crippen molar-refractivity contribution in [3.05, 3.63) is 75.8 Å². The largest absolute Gasteiger partial charge is 0.454 e. The molecule has 1 heterocycles. The number of fused-ring (bicyclic) bond motifs is 2. The summed E-state index contributed by atoms with van der Waals surface area (Å²) in [5, 5.41) is 2.75. The van der Waals surface area contributed by atoms with E-state index in [2.05, 4.69) is 5.32 Å². The van der Waals surface area contributed by atoms with Gasteiger partial charge in [0, 0.05) is 13.1 Å². The molecule has 0 saturated heterocycles. The number of anilines is 2. The maximum absolute atomic E-state index is 13.4. The first-order valence-electron chi connectivity index (χ1n) is 9.57. The molecule has 160 valence electrons. The first kappa shape index (κ1) is 21.2. The van der Waals surface area contributed by atoms with Crippen LogP contribution in [-0.4, -0.2) is 21.4 Å². The first-order chi connectivity index (χ1) is 14.6. The van der Waals surface area contributed by atoms with Crippen LogP contribution < -0.4 is 14.4 Å². The smallest absolute Gasteiger partial charge is 0.265 e. The number of carbonyl (C=O) groups excluding carboxylic acids is 1. The Bertz CT molecular complexity index is 1340. The van der Waals surface area contributed by atoms with Crippen molar-refractivity contribution in [2.24, 2.45) is 0 Å². The third-order valence-electron chi connectivity index (χ3n) is 5.21. The molecule has 0 spiro atoms. The molecule has 4 rings (SSSR count). The Labute approximate surface area is 186 Å². The van der Waals surface area contributed by atoms with E-state index in [9.17, 15) is 13.2 Å². The molecular formula is C23H21ClN2O4S. The fourth-order valence-electron chi connectivity index (χ4n) is 3.57. The molecule has 1 aliphatic rings. The number of nitrogens with one attached hydrogen (secondary N) is 1. The summed E-state index contributed by atoms with van der Waals surface area (Å²) in [6.07, 6.45) is 0. The summed E-state index contributed by atoms with van der Waals surface area (Å²) in [5.74, 6) is 0.177. The summed E-state index contributed by atoms with van der Waals surface area (Å²) >= 11 is 6.38. The number of benzene rings is 3. The van der Waals surface area contributed by atoms with Crippen LogP contribution in [0.4, 0.5) is 11.4 Å². The molecule has 0 atom stereocenters. The number of nitrogens with zero attached hydrogens (tertiary/aromatic N) is 1. The topological polar surface area (TPSA) is 75.7 Å². The zero-order valence-corrected chi connectivity index (χ0v) is 19.1. The van der Waals surface area contributed by atoms with E-state index in [4.69, 9.17) is 16.3 Å². The number of hydrogen-bond donors (Lipinski definition) is 1. The molecule has 0 aromatic heterocycles. The Morgan fingerprint density at radius 3 is 2.32 bits per heavy atom. The van der Waals surface area contributed by atoms with Gasteiger partial charge >= 0.3 is 0 Å². The number of aryl methyl sites for hydroxylation is 3. The predicted octanol–water partition coefficient (Wildman–Crippen LogP) is 5.45. The maximum Gasteiger partial charge on any atom is 0.265 e. The molecule has 0 saturated carbocycles. The van der Waals surface area contributed by atoms with E-state index >= 15 is 0 Å². The summed E-state index contributed by atoms with van der Waals surface area (Å²) in [6, 6.07) is 13.5. The van der Waals surface area contributed by atoms with Crippen LogP contribution in [0.5, 0.6) is 11.5 Å². The van der Waals surface area contributed by atoms with Gasteiger partial charge in [-0.15, -0.1) is 0 Å². The molecule has 31 heavy (non-hydrogen) atoms. The molecule has 0 bridgehead atoms. The van der Waals surface area contributed by atoms with Crippen LogP contribution in [0.1, 0.15) is 27.0 Å². The Morgan fingerprint density at radius 2 is 1.61 bits per heavy atom. The molecule has 0 radical (unpaired) electrons. The van der Waals surface area contributed by atoms with Gasteiger partial charge in [-0.25, -0.2) is 8.42 Å². The summed E-state index contributed by atoms with van der Waals surface area (Å²) < 4.78 is 33.8. The molecule has 0 unspecified atom stereocenters. The highest BCUT2D eigenvalue weighted by atomic mass is 35.5. The minimum Gasteiger partial charge on any atom is -0.454 e. The van der Waals surface area contributed by atoms with E-state index in [0.717, 1.165) is 16.7 Å². The van der Waals surface area contributed by atoms with Crippen molar-refractivity contribution in [2.45, 2.75) is 25.7 Å². The highest BCUT2D eigenvalue weighted by Crippen LogP contribution is 2.40. The van der Waals surface area contributed by atoms with Crippen molar-refractivity contribution in [1.82, 2.24) is 0 Å². The molecule has 6 nitrogen and oxygen atoms in total. The van der Waals surface area contributed by atoms with Gasteiger partial charge in [0.2, 0.25) is 0 Å². The molecular weight excluding hydrogens is 436 g/mol. The highest BCUT2D eigenvalue weighted by Gasteiger charge is 2.30. The molecule has 0 fully saturated rings. The van der Waals surface area contributed by atoms with Crippen molar-refractivity contribution in [1.29, 1.82) is 0 Å². The van der Waals surface area contributed by atoms with E-state index < -0.39 is 15.9 Å². The number of amides is 1. The number of rotatable bonds is 3. The van der Waals surface area contributed by atoms with Crippen molar-refractivity contribution in [3.63, 3.8) is 0 Å². The lowest BCUT2D eigenvalue weighted by Crippen LogP contribution is -2.28. The van der Waals surface area contributed by atoms with E-state index in [1.54, 1.807) is 18.2 Å². The van der Waals surface area contributed by atoms with Gasteiger partial charge in [0.05, 0.1) is 22.0 Å². The number of ether oxygens (including phenoxy) is 1. The van der Waals surface area contributed by atoms with Gasteiger partial charge in [-0.05, 0) is 56.2 Å². The van der Waals surface area contributed by atoms with Gasteiger partial charge < -0.3 is 10.1 Å². The summed E-state index contributed by atoms with van der Waals surface area (Å²) in [7, 11) is -2.57. The second-order valence-corrected chi connectivity index (χ2v) is 9.94. The van der Waals surface area contributed by atoms with Gasteiger partial charge in [-0.3, -0.25) is 9.10 Å². The second-order valence-electron chi connectivity index (χ2n) is 7.60. The van der Waals surface area contributed by atoms with Crippen molar-refractivity contribution in [3.8, 4) is 11.5 Å². The average molecular weight is 457 g/mol. The predicted molar refractivity (Wildman–Crippen MR) is 122 cm³/mol. The summed E-state index contributed by atoms with van der Waals surface area (Å²) in [6.45, 7) is 5.68. The van der Waals surface area contributed by atoms with Crippen molar-refractivity contribution < 1.29 is 17.9 Å². The van der Waals surface area contributed by atoms with Crippen LogP contribution in [0.25, 0.3) is 0 Å². The fraction of sp³-hybridized carbons (Fsp3) is 0.174. The van der Waals surface area contributed by atoms with Crippen molar-refractivity contribution >= 4 is 38.9 Å². The van der Waals surface area contributed by atoms with Gasteiger partial charge in [-0.1, -0.05) is 35.4 Å². The standard InChI is InChI=1S/C23H21ClN2O4S/c1-13-5-7-19(15(3)9-13)26(4)31(28,29)22-11-16-21(12-17(22)24)30-20-8-6-14(2)10-18(20)25-23(16)27/h5-12H,1-4H3,(H,25,27). The van der Waals surface area contributed by atoms with Crippen LogP contribution in [0, 0.1) is 20.8 Å². The number of sulfonamides is 1. The molecule has 3 aromatic rings. The molecule has 3 aromatic carbocycles. The lowest BCUT2D eigenvalue weighted by molar-refractivity contribution is 0.102. The zero-order valence-electron chi connectivity index (χ0n) is 17.5. The van der Waals surface area contributed by atoms with Crippen LogP contribution in [0.15, 0.2) is 53.4 Å². The van der Waals surface area contributed by atoms with Gasteiger partial charge in [0.15, 0.2) is 5.75 Å². The van der Waals surface area contributed by atoms with Crippen LogP contribution in [-0.2, 0) is 10.0 Å². The van der Waals surface area contributed by atoms with E-state index in [0.29, 0.717) is 17.1 Å². The number of carbonyl (C=O) groups is 1. The Kier molecular flexibility index (Phi) is 5.19. The Hall–Kier alpha value is -3.03. The second kappa shape index (κ2) is 7.59. The van der Waals surface area contributed by atoms with Crippen LogP contribution in [0.2, 0.25) is 5.02 Å². The van der Waals surface area contributed by atoms with Gasteiger partial charge in [0.25, 0.3) is 15.9 Å². The van der Waals surface area contributed by atoms with E-state index in [1.165, 1.54) is 23.5 Å². The first-order valence-corrected chi connectivity index (χ1v) is 11.4. The summed E-state index contributed by atoms with van der Waals surface area (Å²) in [4.78, 5) is 12.7. The summed E-state index contributed by atoms with van der Waals surface area (Å²) in [5.41, 5.74) is 3.91. The van der Waals surface area contributed by atoms with Gasteiger partial charge in [0.1, 0.15) is 10.6 Å². The fourth-order valence-corrected chi connectivity index (χ4v) is 5.35. The normalized spacial score (nSPS) is 12.9. The average Bonchev–Trinajstić information content (AvgIpc) is 2.81. The Morgan fingerprint density at radius 1 is 0.935 bits per heavy atom. The highest BCUT2D eigenvalue weighted by molar-refractivity contribution is 7.93. The zero-order chi connectivity index (χ0) is 22.5. The number of hydrogen-bond acceptors (Lipinski definition) is 4. The van der Waals surface area contributed by atoms with Crippen LogP contribution in [0.3, 0.4) is 0 Å². The minimum absolute atomic E-state index is 0.0290.